The lowest BCUT2D eigenvalue weighted by molar-refractivity contribution is 0.314. The highest BCUT2D eigenvalue weighted by atomic mass is 32.2. The van der Waals surface area contributed by atoms with E-state index in [9.17, 15) is 12.8 Å². The molecule has 0 saturated carbocycles. The number of ether oxygens (including phenoxy) is 2. The summed E-state index contributed by atoms with van der Waals surface area (Å²) < 4.78 is 51.1. The van der Waals surface area contributed by atoms with Gasteiger partial charge in [0.15, 0.2) is 0 Å². The standard InChI is InChI=1S/C21H25FN2O4S/c1-27-16-6-8-21-17(13-16)19(4-2-10-28-21)23-14-15-5-7-20(18(22)12-15)24-9-3-11-29(24,25)26/h5-8,12-13,19,23H,2-4,9-11,14H2,1H3. The largest absolute Gasteiger partial charge is 0.497 e. The van der Waals surface area contributed by atoms with Gasteiger partial charge in [0.2, 0.25) is 10.0 Å². The second kappa shape index (κ2) is 8.20. The summed E-state index contributed by atoms with van der Waals surface area (Å²) in [5.41, 5.74) is 1.92. The van der Waals surface area contributed by atoms with Gasteiger partial charge in [-0.2, -0.15) is 0 Å². The average molecular weight is 421 g/mol. The summed E-state index contributed by atoms with van der Waals surface area (Å²) in [6.07, 6.45) is 2.33. The molecule has 0 aliphatic carbocycles. The molecule has 2 aliphatic heterocycles. The summed E-state index contributed by atoms with van der Waals surface area (Å²) in [6.45, 7) is 1.45. The molecule has 0 radical (unpaired) electrons. The molecule has 0 amide bonds. The lowest BCUT2D eigenvalue weighted by atomic mass is 10.0. The van der Waals surface area contributed by atoms with Crippen LogP contribution in [0.25, 0.3) is 0 Å². The quantitative estimate of drug-likeness (QED) is 0.803. The highest BCUT2D eigenvalue weighted by molar-refractivity contribution is 7.93. The van der Waals surface area contributed by atoms with Crippen LogP contribution < -0.4 is 19.1 Å². The Morgan fingerprint density at radius 1 is 1.24 bits per heavy atom. The van der Waals surface area contributed by atoms with Gasteiger partial charge in [-0.1, -0.05) is 6.07 Å². The summed E-state index contributed by atoms with van der Waals surface area (Å²) >= 11 is 0. The van der Waals surface area contributed by atoms with Gasteiger partial charge >= 0.3 is 0 Å². The van der Waals surface area contributed by atoms with Gasteiger partial charge in [-0.25, -0.2) is 12.8 Å². The Morgan fingerprint density at radius 3 is 2.83 bits per heavy atom. The van der Waals surface area contributed by atoms with Crippen LogP contribution in [-0.4, -0.2) is 34.4 Å². The number of hydrogen-bond donors (Lipinski definition) is 1. The van der Waals surface area contributed by atoms with Crippen molar-refractivity contribution in [3.63, 3.8) is 0 Å². The molecule has 8 heteroatoms. The Bertz CT molecular complexity index is 996. The first-order valence-corrected chi connectivity index (χ1v) is 11.4. The molecule has 6 nitrogen and oxygen atoms in total. The summed E-state index contributed by atoms with van der Waals surface area (Å²) in [4.78, 5) is 0. The van der Waals surface area contributed by atoms with Crippen LogP contribution in [0.15, 0.2) is 36.4 Å². The van der Waals surface area contributed by atoms with E-state index in [0.717, 1.165) is 35.5 Å². The van der Waals surface area contributed by atoms with E-state index in [0.29, 0.717) is 26.1 Å². The van der Waals surface area contributed by atoms with Gasteiger partial charge < -0.3 is 14.8 Å². The molecular formula is C21H25FN2O4S. The Morgan fingerprint density at radius 2 is 2.10 bits per heavy atom. The van der Waals surface area contributed by atoms with E-state index in [2.05, 4.69) is 5.32 Å². The van der Waals surface area contributed by atoms with Crippen LogP contribution in [-0.2, 0) is 16.6 Å². The summed E-state index contributed by atoms with van der Waals surface area (Å²) in [5.74, 6) is 1.16. The molecular weight excluding hydrogens is 395 g/mol. The highest BCUT2D eigenvalue weighted by Crippen LogP contribution is 2.35. The summed E-state index contributed by atoms with van der Waals surface area (Å²) in [6, 6.07) is 10.6. The Labute approximate surface area is 170 Å². The lowest BCUT2D eigenvalue weighted by Crippen LogP contribution is -2.26. The van der Waals surface area contributed by atoms with Gasteiger partial charge in [-0.3, -0.25) is 4.31 Å². The molecule has 156 valence electrons. The van der Waals surface area contributed by atoms with Crippen molar-refractivity contribution in [3.8, 4) is 11.5 Å². The van der Waals surface area contributed by atoms with Crippen molar-refractivity contribution in [1.82, 2.24) is 5.32 Å². The Balaban J connectivity index is 1.50. The molecule has 1 saturated heterocycles. The molecule has 2 aromatic carbocycles. The monoisotopic (exact) mass is 420 g/mol. The fourth-order valence-corrected chi connectivity index (χ4v) is 5.48. The molecule has 4 rings (SSSR count). The van der Waals surface area contributed by atoms with E-state index in [1.807, 2.05) is 18.2 Å². The Kier molecular flexibility index (Phi) is 5.65. The van der Waals surface area contributed by atoms with Gasteiger partial charge in [0, 0.05) is 24.7 Å². The van der Waals surface area contributed by atoms with Crippen LogP contribution in [0.2, 0.25) is 0 Å². The molecule has 0 spiro atoms. The number of sulfonamides is 1. The SMILES string of the molecule is COc1ccc2c(c1)C(NCc1ccc(N3CCCS3(=O)=O)c(F)c1)CCCO2. The van der Waals surface area contributed by atoms with Gasteiger partial charge in [0.1, 0.15) is 17.3 Å². The fourth-order valence-electron chi connectivity index (χ4n) is 3.91. The minimum atomic E-state index is -3.40. The van der Waals surface area contributed by atoms with E-state index in [-0.39, 0.29) is 17.5 Å². The summed E-state index contributed by atoms with van der Waals surface area (Å²) in [5, 5.41) is 3.48. The number of anilines is 1. The number of nitrogens with one attached hydrogen (secondary N) is 1. The molecule has 0 bridgehead atoms. The zero-order valence-electron chi connectivity index (χ0n) is 16.4. The number of halogens is 1. The molecule has 2 aromatic rings. The van der Waals surface area contributed by atoms with E-state index in [4.69, 9.17) is 9.47 Å². The van der Waals surface area contributed by atoms with Crippen molar-refractivity contribution in [2.45, 2.75) is 31.8 Å². The minimum Gasteiger partial charge on any atom is -0.497 e. The fraction of sp³-hybridized carbons (Fsp3) is 0.429. The molecule has 1 fully saturated rings. The average Bonchev–Trinajstić information content (AvgIpc) is 2.94. The van der Waals surface area contributed by atoms with Crippen molar-refractivity contribution >= 4 is 15.7 Å². The van der Waals surface area contributed by atoms with Crippen LogP contribution in [0.1, 0.15) is 36.4 Å². The number of rotatable bonds is 5. The van der Waals surface area contributed by atoms with Crippen molar-refractivity contribution < 1.29 is 22.3 Å². The van der Waals surface area contributed by atoms with Gasteiger partial charge in [0.05, 0.1) is 25.2 Å². The maximum Gasteiger partial charge on any atom is 0.235 e. The number of hydrogen-bond acceptors (Lipinski definition) is 5. The zero-order chi connectivity index (χ0) is 20.4. The van der Waals surface area contributed by atoms with Crippen molar-refractivity contribution in [2.24, 2.45) is 0 Å². The molecule has 1 unspecified atom stereocenters. The smallest absolute Gasteiger partial charge is 0.235 e. The predicted octanol–water partition coefficient (Wildman–Crippen LogP) is 3.38. The second-order valence-electron chi connectivity index (χ2n) is 7.36. The topological polar surface area (TPSA) is 67.9 Å². The molecule has 1 atom stereocenters. The van der Waals surface area contributed by atoms with Crippen molar-refractivity contribution in [3.05, 3.63) is 53.3 Å². The van der Waals surface area contributed by atoms with Gasteiger partial charge in [-0.05, 0) is 55.2 Å². The van der Waals surface area contributed by atoms with Gasteiger partial charge in [0.25, 0.3) is 0 Å². The predicted molar refractivity (Wildman–Crippen MR) is 109 cm³/mol. The minimum absolute atomic E-state index is 0.0595. The molecule has 2 aliphatic rings. The third-order valence-corrected chi connectivity index (χ3v) is 7.28. The first-order valence-electron chi connectivity index (χ1n) is 9.81. The van der Waals surface area contributed by atoms with Crippen LogP contribution in [0.3, 0.4) is 0 Å². The highest BCUT2D eigenvalue weighted by Gasteiger charge is 2.30. The van der Waals surface area contributed by atoms with E-state index in [1.54, 1.807) is 19.2 Å². The number of methoxy groups -OCH3 is 1. The van der Waals surface area contributed by atoms with Crippen LogP contribution in [0.4, 0.5) is 10.1 Å². The maximum absolute atomic E-state index is 14.6. The lowest BCUT2D eigenvalue weighted by Gasteiger charge is -2.20. The number of nitrogens with zero attached hydrogens (tertiary/aromatic N) is 1. The molecule has 2 heterocycles. The molecule has 1 N–H and O–H groups in total. The van der Waals surface area contributed by atoms with E-state index >= 15 is 0 Å². The Hall–Kier alpha value is -2.32. The summed E-state index contributed by atoms with van der Waals surface area (Å²) in [7, 11) is -1.77. The van der Waals surface area contributed by atoms with Crippen LogP contribution >= 0.6 is 0 Å². The third kappa shape index (κ3) is 4.18. The second-order valence-corrected chi connectivity index (χ2v) is 9.37. The van der Waals surface area contributed by atoms with E-state index < -0.39 is 15.8 Å². The first-order chi connectivity index (χ1) is 14.0. The number of fused-ring (bicyclic) bond motifs is 1. The van der Waals surface area contributed by atoms with Crippen LogP contribution in [0.5, 0.6) is 11.5 Å². The van der Waals surface area contributed by atoms with Gasteiger partial charge in [-0.15, -0.1) is 0 Å². The van der Waals surface area contributed by atoms with Crippen molar-refractivity contribution in [1.29, 1.82) is 0 Å². The van der Waals surface area contributed by atoms with E-state index in [1.165, 1.54) is 10.4 Å². The first kappa shape index (κ1) is 20.0. The van der Waals surface area contributed by atoms with Crippen LogP contribution in [0, 0.1) is 5.82 Å². The molecule has 29 heavy (non-hydrogen) atoms. The zero-order valence-corrected chi connectivity index (χ0v) is 17.2. The normalized spacial score (nSPS) is 20.6. The molecule has 0 aromatic heterocycles. The maximum atomic E-state index is 14.6. The number of benzene rings is 2. The third-order valence-electron chi connectivity index (χ3n) is 5.42. The van der Waals surface area contributed by atoms with Crippen molar-refractivity contribution in [2.75, 3.05) is 30.3 Å².